The molecule has 1 aromatic rings. The van der Waals surface area contributed by atoms with Gasteiger partial charge in [0.05, 0.1) is 12.2 Å². The van der Waals surface area contributed by atoms with Crippen LogP contribution in [0.4, 0.5) is 0 Å². The van der Waals surface area contributed by atoms with Crippen molar-refractivity contribution in [3.8, 4) is 0 Å². The van der Waals surface area contributed by atoms with Gasteiger partial charge in [0.2, 0.25) is 0 Å². The minimum Gasteiger partial charge on any atom is -0.462 e. The van der Waals surface area contributed by atoms with E-state index in [1.165, 1.54) is 63.8 Å². The van der Waals surface area contributed by atoms with E-state index in [-0.39, 0.29) is 5.97 Å². The fourth-order valence-corrected chi connectivity index (χ4v) is 3.94. The molecular formula is C20H30N2O2. The second kappa shape index (κ2) is 8.63. The number of esters is 1. The van der Waals surface area contributed by atoms with Gasteiger partial charge in [-0.15, -0.1) is 0 Å². The van der Waals surface area contributed by atoms with E-state index in [2.05, 4.69) is 21.9 Å². The van der Waals surface area contributed by atoms with Gasteiger partial charge < -0.3 is 9.64 Å². The van der Waals surface area contributed by atoms with E-state index < -0.39 is 0 Å². The number of nitrogens with zero attached hydrogens (tertiary/aromatic N) is 2. The Balaban J connectivity index is 1.46. The Morgan fingerprint density at radius 3 is 2.33 bits per heavy atom. The normalized spacial score (nSPS) is 20.9. The number of piperidine rings is 2. The maximum atomic E-state index is 11.7. The number of carbonyl (C=O) groups excluding carboxylic acids is 1. The highest BCUT2D eigenvalue weighted by molar-refractivity contribution is 5.89. The molecule has 2 heterocycles. The Morgan fingerprint density at radius 2 is 1.71 bits per heavy atom. The fraction of sp³-hybridized carbons (Fsp3) is 0.650. The molecule has 0 atom stereocenters. The molecule has 2 saturated heterocycles. The Bertz CT molecular complexity index is 515. The quantitative estimate of drug-likeness (QED) is 0.776. The topological polar surface area (TPSA) is 32.8 Å². The van der Waals surface area contributed by atoms with Crippen molar-refractivity contribution in [2.24, 2.45) is 0 Å². The maximum Gasteiger partial charge on any atom is 0.338 e. The summed E-state index contributed by atoms with van der Waals surface area (Å²) in [6, 6.07) is 8.68. The fourth-order valence-electron chi connectivity index (χ4n) is 3.94. The summed E-state index contributed by atoms with van der Waals surface area (Å²) in [5.74, 6) is -0.230. The largest absolute Gasteiger partial charge is 0.462 e. The molecule has 0 unspecified atom stereocenters. The molecule has 132 valence electrons. The molecule has 0 N–H and O–H groups in total. The molecule has 0 bridgehead atoms. The van der Waals surface area contributed by atoms with Crippen LogP contribution in [0.25, 0.3) is 0 Å². The summed E-state index contributed by atoms with van der Waals surface area (Å²) in [5.41, 5.74) is 1.92. The van der Waals surface area contributed by atoms with E-state index in [1.54, 1.807) is 0 Å². The zero-order valence-electron chi connectivity index (χ0n) is 14.9. The molecule has 0 amide bonds. The van der Waals surface area contributed by atoms with Crippen molar-refractivity contribution in [3.05, 3.63) is 35.4 Å². The van der Waals surface area contributed by atoms with Crippen molar-refractivity contribution in [1.29, 1.82) is 0 Å². The standard InChI is InChI=1S/C20H30N2O2/c1-2-24-20(23)18-8-6-17(7-9-18)16-21-14-10-19(11-15-21)22-12-4-3-5-13-22/h6-9,19H,2-5,10-16H2,1H3. The van der Waals surface area contributed by atoms with Crippen LogP contribution in [-0.4, -0.2) is 54.6 Å². The summed E-state index contributed by atoms with van der Waals surface area (Å²) in [6.07, 6.45) is 6.76. The number of carbonyl (C=O) groups is 1. The number of rotatable bonds is 5. The summed E-state index contributed by atoms with van der Waals surface area (Å²) in [4.78, 5) is 17.0. The molecule has 1 aromatic carbocycles. The summed E-state index contributed by atoms with van der Waals surface area (Å²) in [7, 11) is 0. The van der Waals surface area contributed by atoms with Gasteiger partial charge in [-0.25, -0.2) is 4.79 Å². The molecule has 24 heavy (non-hydrogen) atoms. The van der Waals surface area contributed by atoms with Crippen LogP contribution in [0.1, 0.15) is 54.9 Å². The second-order valence-electron chi connectivity index (χ2n) is 7.02. The van der Waals surface area contributed by atoms with Crippen molar-refractivity contribution in [1.82, 2.24) is 9.80 Å². The van der Waals surface area contributed by atoms with Gasteiger partial charge in [0.25, 0.3) is 0 Å². The zero-order valence-corrected chi connectivity index (χ0v) is 14.9. The van der Waals surface area contributed by atoms with Gasteiger partial charge in [-0.2, -0.15) is 0 Å². The van der Waals surface area contributed by atoms with E-state index >= 15 is 0 Å². The molecule has 0 radical (unpaired) electrons. The van der Waals surface area contributed by atoms with Crippen molar-refractivity contribution >= 4 is 5.97 Å². The lowest BCUT2D eigenvalue weighted by Crippen LogP contribution is -2.46. The molecule has 4 nitrogen and oxygen atoms in total. The third kappa shape index (κ3) is 4.58. The third-order valence-corrected chi connectivity index (χ3v) is 5.34. The SMILES string of the molecule is CCOC(=O)c1ccc(CN2CCC(N3CCCCC3)CC2)cc1. The predicted octanol–water partition coefficient (Wildman–Crippen LogP) is 3.31. The van der Waals surface area contributed by atoms with E-state index in [1.807, 2.05) is 19.1 Å². The highest BCUT2D eigenvalue weighted by Gasteiger charge is 2.25. The molecule has 0 spiro atoms. The van der Waals surface area contributed by atoms with Gasteiger partial charge in [0.15, 0.2) is 0 Å². The van der Waals surface area contributed by atoms with Gasteiger partial charge in [-0.3, -0.25) is 4.90 Å². The average molecular weight is 330 g/mol. The number of benzene rings is 1. The van der Waals surface area contributed by atoms with Crippen LogP contribution in [-0.2, 0) is 11.3 Å². The first-order valence-corrected chi connectivity index (χ1v) is 9.48. The minimum absolute atomic E-state index is 0.230. The van der Waals surface area contributed by atoms with Crippen molar-refractivity contribution in [3.63, 3.8) is 0 Å². The zero-order chi connectivity index (χ0) is 16.8. The first-order valence-electron chi connectivity index (χ1n) is 9.48. The molecule has 2 aliphatic rings. The molecule has 2 fully saturated rings. The number of likely N-dealkylation sites (tertiary alicyclic amines) is 2. The summed E-state index contributed by atoms with van der Waals surface area (Å²) >= 11 is 0. The molecule has 4 heteroatoms. The molecule has 3 rings (SSSR count). The second-order valence-corrected chi connectivity index (χ2v) is 7.02. The van der Waals surface area contributed by atoms with E-state index in [0.29, 0.717) is 12.2 Å². The first kappa shape index (κ1) is 17.4. The Kier molecular flexibility index (Phi) is 6.27. The lowest BCUT2D eigenvalue weighted by Gasteiger charge is -2.40. The molecule has 2 aliphatic heterocycles. The van der Waals surface area contributed by atoms with E-state index in [0.717, 1.165) is 12.6 Å². The van der Waals surface area contributed by atoms with Gasteiger partial charge in [0.1, 0.15) is 0 Å². The van der Waals surface area contributed by atoms with Gasteiger partial charge in [-0.1, -0.05) is 18.6 Å². The molecule has 0 aliphatic carbocycles. The van der Waals surface area contributed by atoms with E-state index in [4.69, 9.17) is 4.74 Å². The van der Waals surface area contributed by atoms with Gasteiger partial charge in [-0.05, 0) is 76.5 Å². The first-order chi connectivity index (χ1) is 11.8. The highest BCUT2D eigenvalue weighted by Crippen LogP contribution is 2.22. The van der Waals surface area contributed by atoms with Crippen molar-refractivity contribution in [2.45, 2.75) is 51.6 Å². The summed E-state index contributed by atoms with van der Waals surface area (Å²) in [5, 5.41) is 0. The van der Waals surface area contributed by atoms with Crippen LogP contribution in [0.2, 0.25) is 0 Å². The summed E-state index contributed by atoms with van der Waals surface area (Å²) in [6.45, 7) is 8.21. The van der Waals surface area contributed by atoms with Crippen LogP contribution in [0.5, 0.6) is 0 Å². The monoisotopic (exact) mass is 330 g/mol. The van der Waals surface area contributed by atoms with Crippen LogP contribution in [0.3, 0.4) is 0 Å². The van der Waals surface area contributed by atoms with Crippen LogP contribution in [0.15, 0.2) is 24.3 Å². The summed E-state index contributed by atoms with van der Waals surface area (Å²) < 4.78 is 5.03. The number of hydrogen-bond acceptors (Lipinski definition) is 4. The van der Waals surface area contributed by atoms with E-state index in [9.17, 15) is 4.79 Å². The lowest BCUT2D eigenvalue weighted by molar-refractivity contribution is 0.0526. The Hall–Kier alpha value is -1.39. The molecule has 0 aromatic heterocycles. The van der Waals surface area contributed by atoms with Gasteiger partial charge in [0, 0.05) is 12.6 Å². The van der Waals surface area contributed by atoms with Crippen molar-refractivity contribution < 1.29 is 9.53 Å². The maximum absolute atomic E-state index is 11.7. The minimum atomic E-state index is -0.230. The third-order valence-electron chi connectivity index (χ3n) is 5.34. The van der Waals surface area contributed by atoms with Crippen LogP contribution < -0.4 is 0 Å². The number of ether oxygens (including phenoxy) is 1. The van der Waals surface area contributed by atoms with Crippen LogP contribution in [0, 0.1) is 0 Å². The highest BCUT2D eigenvalue weighted by atomic mass is 16.5. The number of hydrogen-bond donors (Lipinski definition) is 0. The molecule has 0 saturated carbocycles. The van der Waals surface area contributed by atoms with Gasteiger partial charge >= 0.3 is 5.97 Å². The van der Waals surface area contributed by atoms with Crippen LogP contribution >= 0.6 is 0 Å². The van der Waals surface area contributed by atoms with Crippen molar-refractivity contribution in [2.75, 3.05) is 32.8 Å². The lowest BCUT2D eigenvalue weighted by atomic mass is 9.99. The average Bonchev–Trinajstić information content (AvgIpc) is 2.64. The Morgan fingerprint density at radius 1 is 1.04 bits per heavy atom. The predicted molar refractivity (Wildman–Crippen MR) is 96.1 cm³/mol. The molecular weight excluding hydrogens is 300 g/mol. The Labute approximate surface area is 145 Å². The smallest absolute Gasteiger partial charge is 0.338 e.